The zero-order valence-electron chi connectivity index (χ0n) is 11.7. The Morgan fingerprint density at radius 1 is 1.50 bits per heavy atom. The summed E-state index contributed by atoms with van der Waals surface area (Å²) in [5.74, 6) is -1.30. The standard InChI is InChI=1S/C12H19N3O4S/c1-8(2)15-7-11(6-13-15)20(18,19)14(3)10-4-9(5-10)12(16)17/h6-10H,4-5H2,1-3H3,(H,16,17). The van der Waals surface area contributed by atoms with Gasteiger partial charge in [-0.2, -0.15) is 9.40 Å². The van der Waals surface area contributed by atoms with Crippen LogP contribution in [0.1, 0.15) is 32.7 Å². The molecule has 0 saturated heterocycles. The monoisotopic (exact) mass is 301 g/mol. The zero-order valence-corrected chi connectivity index (χ0v) is 12.5. The summed E-state index contributed by atoms with van der Waals surface area (Å²) in [6.07, 6.45) is 3.57. The Labute approximate surface area is 118 Å². The molecule has 2 rings (SSSR count). The van der Waals surface area contributed by atoms with Crippen LogP contribution in [0.15, 0.2) is 17.3 Å². The molecule has 1 heterocycles. The molecule has 8 heteroatoms. The van der Waals surface area contributed by atoms with E-state index in [1.807, 2.05) is 13.8 Å². The van der Waals surface area contributed by atoms with Gasteiger partial charge < -0.3 is 5.11 Å². The highest BCUT2D eigenvalue weighted by Crippen LogP contribution is 2.34. The zero-order chi connectivity index (χ0) is 15.1. The van der Waals surface area contributed by atoms with Crippen LogP contribution in [-0.2, 0) is 14.8 Å². The van der Waals surface area contributed by atoms with Crippen LogP contribution < -0.4 is 0 Å². The summed E-state index contributed by atoms with van der Waals surface area (Å²) in [6.45, 7) is 3.83. The molecule has 0 aliphatic heterocycles. The molecule has 0 atom stereocenters. The van der Waals surface area contributed by atoms with Gasteiger partial charge in [0.25, 0.3) is 0 Å². The van der Waals surface area contributed by atoms with Gasteiger partial charge in [0.1, 0.15) is 4.90 Å². The first kappa shape index (κ1) is 15.0. The summed E-state index contributed by atoms with van der Waals surface area (Å²) in [6, 6.07) is -0.159. The molecule has 0 unspecified atom stereocenters. The number of aliphatic carboxylic acids is 1. The van der Waals surface area contributed by atoms with Crippen molar-refractivity contribution in [2.24, 2.45) is 5.92 Å². The van der Waals surface area contributed by atoms with Crippen LogP contribution in [0.25, 0.3) is 0 Å². The number of carboxylic acids is 1. The first-order valence-electron chi connectivity index (χ1n) is 6.48. The second-order valence-corrected chi connectivity index (χ2v) is 7.43. The largest absolute Gasteiger partial charge is 0.481 e. The van der Waals surface area contributed by atoms with Gasteiger partial charge in [0.2, 0.25) is 10.0 Å². The third-order valence-corrected chi connectivity index (χ3v) is 5.62. The smallest absolute Gasteiger partial charge is 0.306 e. The number of sulfonamides is 1. The van der Waals surface area contributed by atoms with E-state index >= 15 is 0 Å². The first-order chi connectivity index (χ1) is 9.23. The third kappa shape index (κ3) is 2.57. The third-order valence-electron chi connectivity index (χ3n) is 3.76. The van der Waals surface area contributed by atoms with E-state index in [4.69, 9.17) is 5.11 Å². The number of hydrogen-bond acceptors (Lipinski definition) is 4. The number of hydrogen-bond donors (Lipinski definition) is 1. The van der Waals surface area contributed by atoms with E-state index in [2.05, 4.69) is 5.10 Å². The van der Waals surface area contributed by atoms with Crippen molar-refractivity contribution >= 4 is 16.0 Å². The maximum absolute atomic E-state index is 12.4. The lowest BCUT2D eigenvalue weighted by Crippen LogP contribution is -2.47. The Balaban J connectivity index is 2.12. The van der Waals surface area contributed by atoms with E-state index in [9.17, 15) is 13.2 Å². The fourth-order valence-electron chi connectivity index (χ4n) is 2.19. The molecular formula is C12H19N3O4S. The van der Waals surface area contributed by atoms with Crippen molar-refractivity contribution in [1.29, 1.82) is 0 Å². The van der Waals surface area contributed by atoms with E-state index in [1.54, 1.807) is 4.68 Å². The summed E-state index contributed by atoms with van der Waals surface area (Å²) < 4.78 is 27.7. The fourth-order valence-corrected chi connectivity index (χ4v) is 3.50. The quantitative estimate of drug-likeness (QED) is 0.874. The molecule has 112 valence electrons. The molecule has 7 nitrogen and oxygen atoms in total. The Bertz CT molecular complexity index is 602. The topological polar surface area (TPSA) is 92.5 Å². The molecule has 0 spiro atoms. The molecule has 0 aromatic carbocycles. The average Bonchev–Trinajstić information content (AvgIpc) is 2.75. The van der Waals surface area contributed by atoms with Crippen LogP contribution >= 0.6 is 0 Å². The Morgan fingerprint density at radius 2 is 2.10 bits per heavy atom. The van der Waals surface area contributed by atoms with Gasteiger partial charge in [0, 0.05) is 25.3 Å². The number of carboxylic acid groups (broad SMARTS) is 1. The van der Waals surface area contributed by atoms with Gasteiger partial charge in [0.15, 0.2) is 0 Å². The molecule has 1 aromatic rings. The fraction of sp³-hybridized carbons (Fsp3) is 0.667. The Hall–Kier alpha value is -1.41. The highest BCUT2D eigenvalue weighted by atomic mass is 32.2. The summed E-state index contributed by atoms with van der Waals surface area (Å²) >= 11 is 0. The molecule has 1 aromatic heterocycles. The van der Waals surface area contributed by atoms with Crippen molar-refractivity contribution < 1.29 is 18.3 Å². The number of aromatic nitrogens is 2. The maximum Gasteiger partial charge on any atom is 0.306 e. The van der Waals surface area contributed by atoms with E-state index < -0.39 is 21.9 Å². The van der Waals surface area contributed by atoms with E-state index in [1.165, 1.54) is 23.7 Å². The Kier molecular flexibility index (Phi) is 3.88. The molecule has 0 amide bonds. The van der Waals surface area contributed by atoms with Crippen molar-refractivity contribution in [2.75, 3.05) is 7.05 Å². The van der Waals surface area contributed by atoms with Crippen molar-refractivity contribution in [2.45, 2.75) is 43.7 Å². The van der Waals surface area contributed by atoms with Gasteiger partial charge in [-0.25, -0.2) is 8.42 Å². The van der Waals surface area contributed by atoms with Gasteiger partial charge in [-0.05, 0) is 26.7 Å². The SMILES string of the molecule is CC(C)n1cc(S(=O)(=O)N(C)C2CC(C(=O)O)C2)cn1. The summed E-state index contributed by atoms with van der Waals surface area (Å²) in [7, 11) is -2.11. The van der Waals surface area contributed by atoms with Gasteiger partial charge in [0.05, 0.1) is 12.1 Å². The molecule has 1 aliphatic carbocycles. The second kappa shape index (κ2) is 5.17. The molecule has 0 bridgehead atoms. The normalized spacial score (nSPS) is 23.1. The Morgan fingerprint density at radius 3 is 2.55 bits per heavy atom. The lowest BCUT2D eigenvalue weighted by Gasteiger charge is -2.37. The van der Waals surface area contributed by atoms with Crippen LogP contribution in [-0.4, -0.2) is 46.7 Å². The van der Waals surface area contributed by atoms with Crippen LogP contribution in [0.4, 0.5) is 0 Å². The van der Waals surface area contributed by atoms with Crippen LogP contribution in [0.5, 0.6) is 0 Å². The number of rotatable bonds is 5. The molecule has 1 fully saturated rings. The molecule has 1 aliphatic rings. The predicted octanol–water partition coefficient (Wildman–Crippen LogP) is 0.948. The van der Waals surface area contributed by atoms with Crippen molar-refractivity contribution in [3.8, 4) is 0 Å². The van der Waals surface area contributed by atoms with Crippen LogP contribution in [0.2, 0.25) is 0 Å². The highest BCUT2D eigenvalue weighted by molar-refractivity contribution is 7.89. The minimum Gasteiger partial charge on any atom is -0.481 e. The predicted molar refractivity (Wildman–Crippen MR) is 71.7 cm³/mol. The molecule has 1 N–H and O–H groups in total. The summed E-state index contributed by atoms with van der Waals surface area (Å²) in [5, 5.41) is 12.9. The molecule has 1 saturated carbocycles. The molecule has 20 heavy (non-hydrogen) atoms. The lowest BCUT2D eigenvalue weighted by atomic mass is 9.80. The van der Waals surface area contributed by atoms with E-state index in [-0.39, 0.29) is 17.0 Å². The van der Waals surface area contributed by atoms with Gasteiger partial charge in [-0.15, -0.1) is 0 Å². The second-order valence-electron chi connectivity index (χ2n) is 5.43. The number of nitrogens with zero attached hydrogens (tertiary/aromatic N) is 3. The molecular weight excluding hydrogens is 282 g/mol. The van der Waals surface area contributed by atoms with Crippen LogP contribution in [0, 0.1) is 5.92 Å². The van der Waals surface area contributed by atoms with Crippen molar-refractivity contribution in [1.82, 2.24) is 14.1 Å². The summed E-state index contributed by atoms with van der Waals surface area (Å²) in [4.78, 5) is 10.9. The first-order valence-corrected chi connectivity index (χ1v) is 7.92. The number of carbonyl (C=O) groups is 1. The van der Waals surface area contributed by atoms with E-state index in [0.29, 0.717) is 12.8 Å². The van der Waals surface area contributed by atoms with Crippen molar-refractivity contribution in [3.05, 3.63) is 12.4 Å². The van der Waals surface area contributed by atoms with E-state index in [0.717, 1.165) is 0 Å². The van der Waals surface area contributed by atoms with Crippen LogP contribution in [0.3, 0.4) is 0 Å². The average molecular weight is 301 g/mol. The highest BCUT2D eigenvalue weighted by Gasteiger charge is 2.41. The minimum absolute atomic E-state index is 0.0874. The maximum atomic E-state index is 12.4. The van der Waals surface area contributed by atoms with Gasteiger partial charge in [-0.1, -0.05) is 0 Å². The van der Waals surface area contributed by atoms with Crippen molar-refractivity contribution in [3.63, 3.8) is 0 Å². The van der Waals surface area contributed by atoms with Gasteiger partial charge in [-0.3, -0.25) is 9.48 Å². The molecule has 0 radical (unpaired) electrons. The summed E-state index contributed by atoms with van der Waals surface area (Å²) in [5.41, 5.74) is 0. The lowest BCUT2D eigenvalue weighted by molar-refractivity contribution is -0.146. The van der Waals surface area contributed by atoms with Gasteiger partial charge >= 0.3 is 5.97 Å². The minimum atomic E-state index is -3.60.